The van der Waals surface area contributed by atoms with Crippen LogP contribution in [0.15, 0.2) is 30.3 Å². The van der Waals surface area contributed by atoms with Crippen LogP contribution in [0.1, 0.15) is 57.4 Å². The van der Waals surface area contributed by atoms with Crippen molar-refractivity contribution in [1.82, 2.24) is 0 Å². The summed E-state index contributed by atoms with van der Waals surface area (Å²) in [7, 11) is 0. The molecule has 0 N–H and O–H groups in total. The summed E-state index contributed by atoms with van der Waals surface area (Å²) >= 11 is 3.48. The number of fused-ring (bicyclic) bond motifs is 1. The Bertz CT molecular complexity index is 639. The molecular formula is C22H31BrO2. The van der Waals surface area contributed by atoms with Gasteiger partial charge in [-0.2, -0.15) is 0 Å². The normalized spacial score (nSPS) is 11.0. The highest BCUT2D eigenvalue weighted by Gasteiger charge is 2.08. The van der Waals surface area contributed by atoms with Gasteiger partial charge >= 0.3 is 0 Å². The second-order valence-electron chi connectivity index (χ2n) is 6.62. The number of hydrogen-bond donors (Lipinski definition) is 0. The van der Waals surface area contributed by atoms with E-state index in [4.69, 9.17) is 9.47 Å². The lowest BCUT2D eigenvalue weighted by molar-refractivity contribution is 0.305. The molecule has 3 heteroatoms. The van der Waals surface area contributed by atoms with Crippen molar-refractivity contribution >= 4 is 26.7 Å². The van der Waals surface area contributed by atoms with Gasteiger partial charge in [0, 0.05) is 16.1 Å². The van der Waals surface area contributed by atoms with Gasteiger partial charge in [-0.1, -0.05) is 66.2 Å². The van der Waals surface area contributed by atoms with E-state index in [1.165, 1.54) is 37.7 Å². The van der Waals surface area contributed by atoms with E-state index in [-0.39, 0.29) is 0 Å². The first-order chi connectivity index (χ1) is 12.3. The molecule has 0 saturated carbocycles. The molecule has 2 nitrogen and oxygen atoms in total. The number of alkyl halides is 1. The molecule has 0 heterocycles. The van der Waals surface area contributed by atoms with Crippen LogP contribution in [0.5, 0.6) is 11.5 Å². The molecule has 25 heavy (non-hydrogen) atoms. The van der Waals surface area contributed by atoms with Crippen LogP contribution >= 0.6 is 15.9 Å². The average Bonchev–Trinajstić information content (AvgIpc) is 2.62. The number of benzene rings is 2. The molecule has 0 aliphatic rings. The zero-order chi connectivity index (χ0) is 17.9. The van der Waals surface area contributed by atoms with Gasteiger partial charge in [-0.25, -0.2) is 0 Å². The fraction of sp³-hybridized carbons (Fsp3) is 0.545. The zero-order valence-electron chi connectivity index (χ0n) is 15.7. The Morgan fingerprint density at radius 3 is 2.12 bits per heavy atom. The molecule has 0 aromatic heterocycles. The van der Waals surface area contributed by atoms with E-state index >= 15 is 0 Å². The summed E-state index contributed by atoms with van der Waals surface area (Å²) < 4.78 is 12.0. The molecule has 2 aromatic rings. The van der Waals surface area contributed by atoms with Crippen molar-refractivity contribution in [2.75, 3.05) is 18.5 Å². The third-order valence-electron chi connectivity index (χ3n) is 4.34. The summed E-state index contributed by atoms with van der Waals surface area (Å²) in [5.74, 6) is 1.93. The predicted molar refractivity (Wildman–Crippen MR) is 111 cm³/mol. The van der Waals surface area contributed by atoms with Gasteiger partial charge in [0.15, 0.2) is 0 Å². The van der Waals surface area contributed by atoms with Gasteiger partial charge in [0.05, 0.1) is 13.2 Å². The minimum absolute atomic E-state index is 0.748. The van der Waals surface area contributed by atoms with Crippen LogP contribution in [-0.2, 0) is 0 Å². The molecule has 0 atom stereocenters. The predicted octanol–water partition coefficient (Wildman–Crippen LogP) is 7.05. The minimum Gasteiger partial charge on any atom is -0.493 e. The number of halogens is 1. The maximum atomic E-state index is 6.10. The van der Waals surface area contributed by atoms with Gasteiger partial charge in [-0.05, 0) is 44.4 Å². The van der Waals surface area contributed by atoms with Crippen molar-refractivity contribution < 1.29 is 9.47 Å². The molecule has 0 spiro atoms. The first kappa shape index (κ1) is 20.1. The van der Waals surface area contributed by atoms with E-state index in [2.05, 4.69) is 54.0 Å². The van der Waals surface area contributed by atoms with Crippen molar-refractivity contribution in [3.63, 3.8) is 0 Å². The maximum Gasteiger partial charge on any atom is 0.127 e. The van der Waals surface area contributed by atoms with E-state index in [0.717, 1.165) is 53.7 Å². The van der Waals surface area contributed by atoms with E-state index < -0.39 is 0 Å². The van der Waals surface area contributed by atoms with Gasteiger partial charge in [-0.3, -0.25) is 0 Å². The molecule has 2 aromatic carbocycles. The summed E-state index contributed by atoms with van der Waals surface area (Å²) in [6, 6.07) is 10.6. The first-order valence-corrected chi connectivity index (χ1v) is 10.7. The van der Waals surface area contributed by atoms with Gasteiger partial charge in [0.1, 0.15) is 11.5 Å². The summed E-state index contributed by atoms with van der Waals surface area (Å²) in [6.07, 6.45) is 8.63. The van der Waals surface area contributed by atoms with Crippen LogP contribution in [0.3, 0.4) is 0 Å². The van der Waals surface area contributed by atoms with Crippen LogP contribution in [0, 0.1) is 6.92 Å². The van der Waals surface area contributed by atoms with Crippen LogP contribution in [-0.4, -0.2) is 18.5 Å². The molecule has 0 aliphatic carbocycles. The largest absolute Gasteiger partial charge is 0.493 e. The quantitative estimate of drug-likeness (QED) is 0.277. The standard InChI is InChI=1S/C22H31BrO2/c1-3-15-24-21-12-13-22(20-17-18(2)10-11-19(20)21)25-16-9-7-5-4-6-8-14-23/h10-13,17H,3-9,14-16H2,1-2H3. The lowest BCUT2D eigenvalue weighted by Gasteiger charge is -2.14. The van der Waals surface area contributed by atoms with Crippen LogP contribution < -0.4 is 9.47 Å². The highest BCUT2D eigenvalue weighted by molar-refractivity contribution is 9.09. The Hall–Kier alpha value is -1.22. The summed E-state index contributed by atoms with van der Waals surface area (Å²) in [6.45, 7) is 5.79. The second kappa shape index (κ2) is 11.4. The average molecular weight is 407 g/mol. The number of unbranched alkanes of at least 4 members (excludes halogenated alkanes) is 5. The van der Waals surface area contributed by atoms with Gasteiger partial charge in [-0.15, -0.1) is 0 Å². The van der Waals surface area contributed by atoms with Gasteiger partial charge in [0.25, 0.3) is 0 Å². The third kappa shape index (κ3) is 6.54. The monoisotopic (exact) mass is 406 g/mol. The van der Waals surface area contributed by atoms with E-state index in [1.807, 2.05) is 6.07 Å². The van der Waals surface area contributed by atoms with Crippen LogP contribution in [0.4, 0.5) is 0 Å². The number of aryl methyl sites for hydroxylation is 1. The molecule has 0 aliphatic heterocycles. The Balaban J connectivity index is 1.93. The van der Waals surface area contributed by atoms with E-state index in [9.17, 15) is 0 Å². The smallest absolute Gasteiger partial charge is 0.127 e. The Morgan fingerprint density at radius 1 is 0.760 bits per heavy atom. The fourth-order valence-corrected chi connectivity index (χ4v) is 3.35. The molecule has 0 fully saturated rings. The lowest BCUT2D eigenvalue weighted by Crippen LogP contribution is -2.00. The molecular weight excluding hydrogens is 376 g/mol. The van der Waals surface area contributed by atoms with Crippen molar-refractivity contribution in [3.05, 3.63) is 35.9 Å². The molecule has 0 radical (unpaired) electrons. The van der Waals surface area contributed by atoms with Crippen LogP contribution in [0.25, 0.3) is 10.8 Å². The second-order valence-corrected chi connectivity index (χ2v) is 7.41. The summed E-state index contributed by atoms with van der Waals surface area (Å²) in [4.78, 5) is 0. The van der Waals surface area contributed by atoms with E-state index in [1.54, 1.807) is 0 Å². The molecule has 0 bridgehead atoms. The van der Waals surface area contributed by atoms with Gasteiger partial charge in [0.2, 0.25) is 0 Å². The SMILES string of the molecule is CCCOc1ccc(OCCCCCCCCBr)c2cc(C)ccc12. The number of ether oxygens (including phenoxy) is 2. The third-order valence-corrected chi connectivity index (χ3v) is 4.90. The van der Waals surface area contributed by atoms with Crippen molar-refractivity contribution in [1.29, 1.82) is 0 Å². The lowest BCUT2D eigenvalue weighted by atomic mass is 10.1. The zero-order valence-corrected chi connectivity index (χ0v) is 17.2. The molecule has 2 rings (SSSR count). The van der Waals surface area contributed by atoms with Crippen LogP contribution in [0.2, 0.25) is 0 Å². The first-order valence-electron chi connectivity index (χ1n) is 9.61. The minimum atomic E-state index is 0.748. The molecule has 0 saturated heterocycles. The van der Waals surface area contributed by atoms with Crippen molar-refractivity contribution in [2.45, 2.75) is 58.8 Å². The summed E-state index contributed by atoms with van der Waals surface area (Å²) in [5.41, 5.74) is 1.25. The van der Waals surface area contributed by atoms with Gasteiger partial charge < -0.3 is 9.47 Å². The Labute approximate surface area is 161 Å². The number of hydrogen-bond acceptors (Lipinski definition) is 2. The Morgan fingerprint density at radius 2 is 1.40 bits per heavy atom. The topological polar surface area (TPSA) is 18.5 Å². The maximum absolute atomic E-state index is 6.10. The van der Waals surface area contributed by atoms with E-state index in [0.29, 0.717) is 0 Å². The van der Waals surface area contributed by atoms with Crippen molar-refractivity contribution in [2.24, 2.45) is 0 Å². The summed E-state index contributed by atoms with van der Waals surface area (Å²) in [5, 5.41) is 3.43. The molecule has 0 unspecified atom stereocenters. The highest BCUT2D eigenvalue weighted by Crippen LogP contribution is 2.34. The number of rotatable bonds is 12. The molecule has 0 amide bonds. The molecule has 138 valence electrons. The highest BCUT2D eigenvalue weighted by atomic mass is 79.9. The van der Waals surface area contributed by atoms with Crippen molar-refractivity contribution in [3.8, 4) is 11.5 Å². The fourth-order valence-electron chi connectivity index (χ4n) is 2.96. The Kier molecular flexibility index (Phi) is 9.17.